The lowest BCUT2D eigenvalue weighted by Gasteiger charge is -2.20. The quantitative estimate of drug-likeness (QED) is 0.145. The summed E-state index contributed by atoms with van der Waals surface area (Å²) in [6.45, 7) is 6.71. The van der Waals surface area contributed by atoms with Gasteiger partial charge in [-0.15, -0.1) is 0 Å². The normalized spacial score (nSPS) is 11.5. The van der Waals surface area contributed by atoms with Gasteiger partial charge >= 0.3 is 0 Å². The Morgan fingerprint density at radius 3 is 1.74 bits per heavy atom. The highest BCUT2D eigenvalue weighted by atomic mass is 16.5. The summed E-state index contributed by atoms with van der Waals surface area (Å²) in [5.74, 6) is 2.34. The Labute approximate surface area is 363 Å². The van der Waals surface area contributed by atoms with Crippen molar-refractivity contribution in [2.24, 2.45) is 0 Å². The van der Waals surface area contributed by atoms with E-state index in [1.54, 1.807) is 0 Å². The molecule has 0 atom stereocenters. The summed E-state index contributed by atoms with van der Waals surface area (Å²) in [6, 6.07) is 72.0. The van der Waals surface area contributed by atoms with Crippen LogP contribution in [0.1, 0.15) is 26.3 Å². The van der Waals surface area contributed by atoms with Crippen molar-refractivity contribution in [3.05, 3.63) is 218 Å². The Hall–Kier alpha value is -7.89. The molecule has 0 bridgehead atoms. The number of fused-ring (bicyclic) bond motifs is 3. The molecule has 5 heteroatoms. The van der Waals surface area contributed by atoms with E-state index in [0.717, 1.165) is 84.1 Å². The highest BCUT2D eigenvalue weighted by Gasteiger charge is 2.20. The van der Waals surface area contributed by atoms with Gasteiger partial charge in [-0.1, -0.05) is 154 Å². The number of aromatic nitrogens is 2. The number of rotatable bonds is 10. The summed E-state index contributed by atoms with van der Waals surface area (Å²) in [6.07, 6.45) is 1.92. The fourth-order valence-electron chi connectivity index (χ4n) is 8.30. The van der Waals surface area contributed by atoms with Gasteiger partial charge in [-0.05, 0) is 93.9 Å². The predicted octanol–water partition coefficient (Wildman–Crippen LogP) is 15.8. The van der Waals surface area contributed by atoms with Crippen LogP contribution >= 0.6 is 0 Å². The molecule has 10 rings (SSSR count). The molecule has 62 heavy (non-hydrogen) atoms. The van der Waals surface area contributed by atoms with Crippen LogP contribution in [0.3, 0.4) is 0 Å². The van der Waals surface area contributed by atoms with Crippen LogP contribution in [0.4, 0.5) is 22.7 Å². The maximum absolute atomic E-state index is 6.69. The van der Waals surface area contributed by atoms with Crippen LogP contribution < -0.4 is 15.4 Å². The Balaban J connectivity index is 0.992. The van der Waals surface area contributed by atoms with Gasteiger partial charge < -0.3 is 15.4 Å². The van der Waals surface area contributed by atoms with E-state index in [4.69, 9.17) is 9.72 Å². The first kappa shape index (κ1) is 38.3. The molecular weight excluding hydrogens is 757 g/mol. The molecule has 0 radical (unpaired) electrons. The van der Waals surface area contributed by atoms with Crippen molar-refractivity contribution in [1.82, 2.24) is 9.55 Å². The molecule has 5 nitrogen and oxygen atoms in total. The van der Waals surface area contributed by atoms with E-state index in [9.17, 15) is 0 Å². The molecule has 0 aliphatic heterocycles. The minimum Gasteiger partial charge on any atom is -0.457 e. The van der Waals surface area contributed by atoms with E-state index < -0.39 is 0 Å². The van der Waals surface area contributed by atoms with Crippen LogP contribution in [-0.4, -0.2) is 9.55 Å². The topological polar surface area (TPSA) is 51.1 Å². The molecule has 0 unspecified atom stereocenters. The van der Waals surface area contributed by atoms with Crippen molar-refractivity contribution in [1.29, 1.82) is 0 Å². The summed E-state index contributed by atoms with van der Waals surface area (Å²) in [5.41, 5.74) is 14.1. The fraction of sp³-hybridized carbons (Fsp3) is 0.0702. The van der Waals surface area contributed by atoms with E-state index >= 15 is 0 Å². The third-order valence-corrected chi connectivity index (χ3v) is 11.5. The minimum absolute atomic E-state index is 0.0292. The summed E-state index contributed by atoms with van der Waals surface area (Å²) < 4.78 is 8.96. The first-order valence-corrected chi connectivity index (χ1v) is 21.1. The van der Waals surface area contributed by atoms with E-state index in [1.807, 2.05) is 24.4 Å². The number of hydrogen-bond acceptors (Lipinski definition) is 4. The highest BCUT2D eigenvalue weighted by Crippen LogP contribution is 2.42. The molecule has 300 valence electrons. The molecule has 0 spiro atoms. The monoisotopic (exact) mass is 802 g/mol. The van der Waals surface area contributed by atoms with Gasteiger partial charge in [0.1, 0.15) is 17.3 Å². The van der Waals surface area contributed by atoms with Crippen molar-refractivity contribution < 1.29 is 4.74 Å². The van der Waals surface area contributed by atoms with Crippen LogP contribution in [0.5, 0.6) is 11.5 Å². The largest absolute Gasteiger partial charge is 0.457 e. The first-order valence-electron chi connectivity index (χ1n) is 21.1. The molecular formula is C57H46N4O. The number of nitrogens with zero attached hydrogens (tertiary/aromatic N) is 2. The van der Waals surface area contributed by atoms with Gasteiger partial charge in [0.15, 0.2) is 0 Å². The Bertz CT molecular complexity index is 3130. The van der Waals surface area contributed by atoms with Gasteiger partial charge in [-0.3, -0.25) is 4.57 Å². The van der Waals surface area contributed by atoms with E-state index in [0.29, 0.717) is 0 Å². The average Bonchev–Trinajstić information content (AvgIpc) is 3.63. The lowest BCUT2D eigenvalue weighted by Crippen LogP contribution is -2.12. The van der Waals surface area contributed by atoms with E-state index in [2.05, 4.69) is 224 Å². The lowest BCUT2D eigenvalue weighted by atomic mass is 9.88. The number of ether oxygens (including phenoxy) is 1. The molecule has 0 amide bonds. The molecule has 8 aromatic carbocycles. The SMILES string of the molecule is CC(C)(C)c1ccnc(-n2c3ccc(-c4ccccc4)cc3c3ccc(Oc4cccc(Nc5ccccc5Nc5c(-c6ccccc6)cccc5-c5ccccc5)c4)cc32)c1. The van der Waals surface area contributed by atoms with Gasteiger partial charge in [0.25, 0.3) is 0 Å². The minimum atomic E-state index is -0.0292. The van der Waals surface area contributed by atoms with Crippen molar-refractivity contribution in [2.75, 3.05) is 10.6 Å². The maximum atomic E-state index is 6.69. The zero-order valence-corrected chi connectivity index (χ0v) is 35.0. The Morgan fingerprint density at radius 1 is 0.452 bits per heavy atom. The number of nitrogens with one attached hydrogen (secondary N) is 2. The molecule has 0 aliphatic rings. The van der Waals surface area contributed by atoms with Gasteiger partial charge in [0, 0.05) is 45.9 Å². The fourth-order valence-corrected chi connectivity index (χ4v) is 8.30. The van der Waals surface area contributed by atoms with Gasteiger partial charge in [-0.25, -0.2) is 4.98 Å². The van der Waals surface area contributed by atoms with E-state index in [-0.39, 0.29) is 5.41 Å². The van der Waals surface area contributed by atoms with Crippen molar-refractivity contribution in [3.63, 3.8) is 0 Å². The Morgan fingerprint density at radius 2 is 1.06 bits per heavy atom. The molecule has 2 N–H and O–H groups in total. The van der Waals surface area contributed by atoms with Crippen molar-refractivity contribution >= 4 is 44.6 Å². The van der Waals surface area contributed by atoms with Crippen molar-refractivity contribution in [2.45, 2.75) is 26.2 Å². The van der Waals surface area contributed by atoms with Gasteiger partial charge in [-0.2, -0.15) is 0 Å². The van der Waals surface area contributed by atoms with Gasteiger partial charge in [0.2, 0.25) is 0 Å². The number of anilines is 4. The number of benzene rings is 8. The standard InChI is InChI=1S/C57H46N4O/c1-57(2,3)43-33-34-58-55(36-43)61-53-32-29-42(39-17-7-4-8-18-39)35-50(53)49-31-30-46(38-54(49)61)62-45-24-15-23-44(37-45)59-51-27-13-14-28-52(51)60-56-47(40-19-9-5-10-20-40)25-16-26-48(56)41-21-11-6-12-22-41/h4-38,59-60H,1-3H3. The van der Waals surface area contributed by atoms with E-state index in [1.165, 1.54) is 16.7 Å². The van der Waals surface area contributed by atoms with Gasteiger partial charge in [0.05, 0.1) is 28.1 Å². The van der Waals surface area contributed by atoms with Crippen molar-refractivity contribution in [3.8, 4) is 50.7 Å². The third-order valence-electron chi connectivity index (χ3n) is 11.5. The maximum Gasteiger partial charge on any atom is 0.137 e. The second-order valence-corrected chi connectivity index (χ2v) is 16.7. The number of para-hydroxylation sites is 3. The van der Waals surface area contributed by atoms with Crippen LogP contribution in [0, 0.1) is 0 Å². The molecule has 0 fully saturated rings. The zero-order valence-electron chi connectivity index (χ0n) is 35.0. The summed E-state index contributed by atoms with van der Waals surface area (Å²) in [7, 11) is 0. The number of pyridine rings is 1. The predicted molar refractivity (Wildman–Crippen MR) is 260 cm³/mol. The molecule has 0 saturated carbocycles. The molecule has 2 aromatic heterocycles. The molecule has 2 heterocycles. The molecule has 0 aliphatic carbocycles. The second kappa shape index (κ2) is 16.3. The Kier molecular flexibility index (Phi) is 10.1. The zero-order chi connectivity index (χ0) is 42.0. The molecule has 0 saturated heterocycles. The van der Waals surface area contributed by atoms with Crippen LogP contribution in [0.15, 0.2) is 212 Å². The molecule has 10 aromatic rings. The second-order valence-electron chi connectivity index (χ2n) is 16.7. The lowest BCUT2D eigenvalue weighted by molar-refractivity contribution is 0.483. The summed E-state index contributed by atoms with van der Waals surface area (Å²) in [5, 5.41) is 9.85. The number of hydrogen-bond donors (Lipinski definition) is 2. The van der Waals surface area contributed by atoms with Crippen LogP contribution in [-0.2, 0) is 5.41 Å². The summed E-state index contributed by atoms with van der Waals surface area (Å²) >= 11 is 0. The third kappa shape index (κ3) is 7.68. The highest BCUT2D eigenvalue weighted by molar-refractivity contribution is 6.10. The smallest absolute Gasteiger partial charge is 0.137 e. The average molecular weight is 803 g/mol. The van der Waals surface area contributed by atoms with Crippen LogP contribution in [0.2, 0.25) is 0 Å². The summed E-state index contributed by atoms with van der Waals surface area (Å²) in [4.78, 5) is 4.92. The van der Waals surface area contributed by atoms with Crippen LogP contribution in [0.25, 0.3) is 61.0 Å². The first-order chi connectivity index (χ1) is 30.4.